The Balaban J connectivity index is 1.66. The van der Waals surface area contributed by atoms with Crippen molar-refractivity contribution in [1.82, 2.24) is 15.3 Å². The molecule has 0 saturated heterocycles. The van der Waals surface area contributed by atoms with E-state index < -0.39 is 13.7 Å². The van der Waals surface area contributed by atoms with Gasteiger partial charge < -0.3 is 15.7 Å². The standard InChI is InChI=1S/C23H30N4OSSi/c1-23(2,28)19-9-8-18(29-19)22-25-13-16(10-11-30(3,4)5)21(27-22)26-20-12-17(14-24-20)15-6-7-15/h8-9,12-13,15,17,24,28H,6-7,14H2,1-5H3,(H,25,26,27). The summed E-state index contributed by atoms with van der Waals surface area (Å²) < 4.78 is 0. The minimum absolute atomic E-state index is 0.608. The Morgan fingerprint density at radius 3 is 2.67 bits per heavy atom. The van der Waals surface area contributed by atoms with Crippen molar-refractivity contribution in [3.63, 3.8) is 0 Å². The van der Waals surface area contributed by atoms with Crippen molar-refractivity contribution in [1.29, 1.82) is 0 Å². The van der Waals surface area contributed by atoms with E-state index in [1.807, 2.05) is 18.3 Å². The Kier molecular flexibility index (Phi) is 5.51. The second-order valence-corrected chi connectivity index (χ2v) is 15.6. The Morgan fingerprint density at radius 2 is 2.03 bits per heavy atom. The fourth-order valence-electron chi connectivity index (χ4n) is 3.33. The summed E-state index contributed by atoms with van der Waals surface area (Å²) in [6.07, 6.45) is 6.78. The lowest BCUT2D eigenvalue weighted by Crippen LogP contribution is -2.19. The van der Waals surface area contributed by atoms with Crippen molar-refractivity contribution in [2.24, 2.45) is 11.8 Å². The first-order valence-corrected chi connectivity index (χ1v) is 14.9. The van der Waals surface area contributed by atoms with Crippen LogP contribution in [-0.4, -0.2) is 29.7 Å². The SMILES string of the molecule is CC(C)(O)c1ccc(-c2ncc(C#C[Si](C)(C)C)c(NC3=CC(C4CC4)CN3)n2)s1. The highest BCUT2D eigenvalue weighted by atomic mass is 32.1. The first-order chi connectivity index (χ1) is 14.1. The Hall–Kier alpha value is -2.14. The fraction of sp³-hybridized carbons (Fsp3) is 0.478. The Morgan fingerprint density at radius 1 is 1.27 bits per heavy atom. The molecule has 158 valence electrons. The number of thiophene rings is 1. The van der Waals surface area contributed by atoms with Gasteiger partial charge in [-0.2, -0.15) is 0 Å². The molecular formula is C23H30N4OSSi. The molecule has 2 aromatic rings. The molecule has 1 saturated carbocycles. The van der Waals surface area contributed by atoms with Crippen molar-refractivity contribution >= 4 is 25.2 Å². The third-order valence-corrected chi connectivity index (χ3v) is 7.45. The molecule has 0 aromatic carbocycles. The van der Waals surface area contributed by atoms with E-state index >= 15 is 0 Å². The minimum atomic E-state index is -1.52. The van der Waals surface area contributed by atoms with Gasteiger partial charge >= 0.3 is 0 Å². The first kappa shape index (κ1) is 21.1. The van der Waals surface area contributed by atoms with E-state index in [0.717, 1.165) is 39.4 Å². The highest BCUT2D eigenvalue weighted by molar-refractivity contribution is 7.15. The first-order valence-electron chi connectivity index (χ1n) is 10.5. The van der Waals surface area contributed by atoms with Gasteiger partial charge in [-0.3, -0.25) is 0 Å². The van der Waals surface area contributed by atoms with Crippen LogP contribution in [0.5, 0.6) is 0 Å². The maximum atomic E-state index is 10.3. The van der Waals surface area contributed by atoms with E-state index in [4.69, 9.17) is 4.98 Å². The summed E-state index contributed by atoms with van der Waals surface area (Å²) in [5.41, 5.74) is 3.37. The van der Waals surface area contributed by atoms with Crippen molar-refractivity contribution < 1.29 is 5.11 Å². The predicted octanol–water partition coefficient (Wildman–Crippen LogP) is 4.54. The molecule has 30 heavy (non-hydrogen) atoms. The molecule has 3 N–H and O–H groups in total. The van der Waals surface area contributed by atoms with E-state index in [0.29, 0.717) is 11.7 Å². The third kappa shape index (κ3) is 5.12. The van der Waals surface area contributed by atoms with Gasteiger partial charge in [-0.05, 0) is 50.8 Å². The van der Waals surface area contributed by atoms with Crippen LogP contribution in [0.3, 0.4) is 0 Å². The van der Waals surface area contributed by atoms with Crippen molar-refractivity contribution in [3.8, 4) is 22.2 Å². The summed E-state index contributed by atoms with van der Waals surface area (Å²) in [5, 5.41) is 17.2. The largest absolute Gasteiger partial charge is 0.385 e. The highest BCUT2D eigenvalue weighted by Gasteiger charge is 2.32. The van der Waals surface area contributed by atoms with Crippen LogP contribution >= 0.6 is 11.3 Å². The van der Waals surface area contributed by atoms with Gasteiger partial charge in [0, 0.05) is 23.5 Å². The molecule has 1 aliphatic heterocycles. The summed E-state index contributed by atoms with van der Waals surface area (Å²) in [6, 6.07) is 3.91. The molecule has 1 atom stereocenters. The summed E-state index contributed by atoms with van der Waals surface area (Å²) >= 11 is 1.52. The number of hydrogen-bond donors (Lipinski definition) is 3. The van der Waals surface area contributed by atoms with Gasteiger partial charge in [-0.15, -0.1) is 16.9 Å². The van der Waals surface area contributed by atoms with Crippen LogP contribution in [0.25, 0.3) is 10.7 Å². The molecule has 0 amide bonds. The van der Waals surface area contributed by atoms with Gasteiger partial charge in [0.2, 0.25) is 0 Å². The third-order valence-electron chi connectivity index (χ3n) is 5.18. The molecule has 0 spiro atoms. The van der Waals surface area contributed by atoms with Gasteiger partial charge in [0.1, 0.15) is 13.9 Å². The number of aliphatic hydroxyl groups is 1. The van der Waals surface area contributed by atoms with Crippen LogP contribution in [0.4, 0.5) is 5.82 Å². The molecule has 5 nitrogen and oxygen atoms in total. The molecular weight excluding hydrogens is 408 g/mol. The highest BCUT2D eigenvalue weighted by Crippen LogP contribution is 2.39. The molecule has 1 fully saturated rings. The average molecular weight is 439 g/mol. The van der Waals surface area contributed by atoms with Gasteiger partial charge in [0.25, 0.3) is 0 Å². The number of anilines is 1. The molecule has 1 unspecified atom stereocenters. The number of aromatic nitrogens is 2. The van der Waals surface area contributed by atoms with Gasteiger partial charge in [-0.1, -0.05) is 25.6 Å². The van der Waals surface area contributed by atoms with Crippen molar-refractivity contribution in [2.45, 2.75) is 51.9 Å². The molecule has 4 rings (SSSR count). The number of hydrogen-bond acceptors (Lipinski definition) is 6. The topological polar surface area (TPSA) is 70.1 Å². The average Bonchev–Trinajstić information content (AvgIpc) is 3.18. The van der Waals surface area contributed by atoms with E-state index in [2.05, 4.69) is 52.8 Å². The fourth-order valence-corrected chi connectivity index (χ4v) is 4.79. The molecule has 0 bridgehead atoms. The zero-order valence-corrected chi connectivity index (χ0v) is 20.2. The lowest BCUT2D eigenvalue weighted by molar-refractivity contribution is 0.0825. The molecule has 0 radical (unpaired) electrons. The maximum Gasteiger partial charge on any atom is 0.171 e. The summed E-state index contributed by atoms with van der Waals surface area (Å²) in [4.78, 5) is 11.2. The van der Waals surface area contributed by atoms with E-state index in [-0.39, 0.29) is 0 Å². The van der Waals surface area contributed by atoms with Crippen LogP contribution in [0.15, 0.2) is 30.2 Å². The predicted molar refractivity (Wildman–Crippen MR) is 127 cm³/mol. The van der Waals surface area contributed by atoms with E-state index in [1.54, 1.807) is 13.8 Å². The minimum Gasteiger partial charge on any atom is -0.385 e. The van der Waals surface area contributed by atoms with Gasteiger partial charge in [0.05, 0.1) is 16.0 Å². The van der Waals surface area contributed by atoms with Crippen LogP contribution in [0.2, 0.25) is 19.6 Å². The number of rotatable bonds is 5. The molecule has 1 aliphatic carbocycles. The monoisotopic (exact) mass is 438 g/mol. The van der Waals surface area contributed by atoms with Crippen LogP contribution in [0, 0.1) is 23.3 Å². The quantitative estimate of drug-likeness (QED) is 0.472. The smallest absolute Gasteiger partial charge is 0.171 e. The number of nitrogens with one attached hydrogen (secondary N) is 2. The van der Waals surface area contributed by atoms with Gasteiger partial charge in [0.15, 0.2) is 11.6 Å². The number of nitrogens with zero attached hydrogens (tertiary/aromatic N) is 2. The normalized spacial score (nSPS) is 19.0. The summed E-state index contributed by atoms with van der Waals surface area (Å²) in [5.74, 6) is 7.14. The molecule has 7 heteroatoms. The Bertz CT molecular complexity index is 1030. The zero-order chi connectivity index (χ0) is 21.5. The summed E-state index contributed by atoms with van der Waals surface area (Å²) in [6.45, 7) is 11.3. The Labute approximate surface area is 184 Å². The lowest BCUT2D eigenvalue weighted by Gasteiger charge is -2.14. The van der Waals surface area contributed by atoms with E-state index in [9.17, 15) is 5.11 Å². The lowest BCUT2D eigenvalue weighted by atomic mass is 10.1. The van der Waals surface area contributed by atoms with Crippen LogP contribution < -0.4 is 10.6 Å². The van der Waals surface area contributed by atoms with Crippen LogP contribution in [-0.2, 0) is 5.60 Å². The van der Waals surface area contributed by atoms with Gasteiger partial charge in [-0.25, -0.2) is 9.97 Å². The second kappa shape index (κ2) is 7.84. The van der Waals surface area contributed by atoms with Crippen LogP contribution in [0.1, 0.15) is 37.1 Å². The summed E-state index contributed by atoms with van der Waals surface area (Å²) in [7, 11) is -1.52. The molecule has 2 aliphatic rings. The van der Waals surface area contributed by atoms with Crippen molar-refractivity contribution in [2.75, 3.05) is 11.9 Å². The van der Waals surface area contributed by atoms with Crippen molar-refractivity contribution in [3.05, 3.63) is 40.7 Å². The second-order valence-electron chi connectivity index (χ2n) is 9.77. The maximum absolute atomic E-state index is 10.3. The van der Waals surface area contributed by atoms with E-state index in [1.165, 1.54) is 24.2 Å². The zero-order valence-electron chi connectivity index (χ0n) is 18.3. The molecule has 2 aromatic heterocycles. The molecule has 3 heterocycles.